The van der Waals surface area contributed by atoms with E-state index in [9.17, 15) is 14.3 Å². The van der Waals surface area contributed by atoms with Crippen LogP contribution in [0.1, 0.15) is 0 Å². The lowest BCUT2D eigenvalue weighted by molar-refractivity contribution is 0.115. The molecule has 0 aliphatic carbocycles. The van der Waals surface area contributed by atoms with Gasteiger partial charge in [-0.15, -0.1) is 0 Å². The Hall–Kier alpha value is -1.66. The van der Waals surface area contributed by atoms with E-state index < -0.39 is 11.9 Å². The number of hydrogen-bond acceptors (Lipinski definition) is 3. The van der Waals surface area contributed by atoms with Crippen LogP contribution in [-0.4, -0.2) is 48.3 Å². The quantitative estimate of drug-likeness (QED) is 0.724. The van der Waals surface area contributed by atoms with E-state index in [-0.39, 0.29) is 12.1 Å². The lowest BCUT2D eigenvalue weighted by Gasteiger charge is -2.26. The number of nitrogens with one attached hydrogen (secondary N) is 2. The van der Waals surface area contributed by atoms with Crippen molar-refractivity contribution >= 4 is 11.7 Å². The standard InChI is InChI=1S/C12H16FN3O2/c1-16(10-6-14-7-11(10)17)12(18)15-9-4-2-3-8(13)5-9/h2-5,10-11,14,17H,6-7H2,1H3,(H,15,18)/t10-,11-/m0/s1. The number of halogens is 1. The van der Waals surface area contributed by atoms with E-state index in [4.69, 9.17) is 0 Å². The summed E-state index contributed by atoms with van der Waals surface area (Å²) in [6, 6.07) is 5.06. The molecule has 2 amide bonds. The number of carbonyl (C=O) groups is 1. The van der Waals surface area contributed by atoms with Gasteiger partial charge in [0.2, 0.25) is 0 Å². The summed E-state index contributed by atoms with van der Waals surface area (Å²) in [6.45, 7) is 1.02. The number of nitrogens with zero attached hydrogens (tertiary/aromatic N) is 1. The van der Waals surface area contributed by atoms with Crippen LogP contribution in [0.3, 0.4) is 0 Å². The molecule has 1 fully saturated rings. The molecule has 0 saturated carbocycles. The Morgan fingerprint density at radius 3 is 2.94 bits per heavy atom. The van der Waals surface area contributed by atoms with Crippen molar-refractivity contribution in [2.75, 3.05) is 25.5 Å². The largest absolute Gasteiger partial charge is 0.390 e. The first-order valence-electron chi connectivity index (χ1n) is 5.76. The molecule has 18 heavy (non-hydrogen) atoms. The normalized spacial score (nSPS) is 22.8. The fraction of sp³-hybridized carbons (Fsp3) is 0.417. The summed E-state index contributed by atoms with van der Waals surface area (Å²) in [5, 5.41) is 15.3. The van der Waals surface area contributed by atoms with Crippen molar-refractivity contribution in [2.45, 2.75) is 12.1 Å². The smallest absolute Gasteiger partial charge is 0.321 e. The van der Waals surface area contributed by atoms with Crippen LogP contribution >= 0.6 is 0 Å². The van der Waals surface area contributed by atoms with Gasteiger partial charge in [-0.3, -0.25) is 0 Å². The summed E-state index contributed by atoms with van der Waals surface area (Å²) >= 11 is 0. The van der Waals surface area contributed by atoms with Crippen LogP contribution in [-0.2, 0) is 0 Å². The van der Waals surface area contributed by atoms with E-state index in [1.807, 2.05) is 0 Å². The first-order valence-corrected chi connectivity index (χ1v) is 5.76. The van der Waals surface area contributed by atoms with Gasteiger partial charge in [0.15, 0.2) is 0 Å². The van der Waals surface area contributed by atoms with Crippen LogP contribution in [0.2, 0.25) is 0 Å². The predicted molar refractivity (Wildman–Crippen MR) is 65.8 cm³/mol. The lowest BCUT2D eigenvalue weighted by atomic mass is 10.2. The number of hydrogen-bond donors (Lipinski definition) is 3. The average Bonchev–Trinajstić information content (AvgIpc) is 2.74. The third-order valence-corrected chi connectivity index (χ3v) is 3.04. The summed E-state index contributed by atoms with van der Waals surface area (Å²) < 4.78 is 13.0. The van der Waals surface area contributed by atoms with Crippen molar-refractivity contribution in [2.24, 2.45) is 0 Å². The molecular weight excluding hydrogens is 237 g/mol. The van der Waals surface area contributed by atoms with Crippen molar-refractivity contribution in [3.05, 3.63) is 30.1 Å². The maximum absolute atomic E-state index is 13.0. The number of β-amino-alcohol motifs (C(OH)–C–C–N with tert-alkyl or cyclic N) is 1. The second-order valence-electron chi connectivity index (χ2n) is 4.34. The van der Waals surface area contributed by atoms with Crippen LogP contribution in [0.5, 0.6) is 0 Å². The highest BCUT2D eigenvalue weighted by atomic mass is 19.1. The van der Waals surface area contributed by atoms with Gasteiger partial charge in [-0.2, -0.15) is 0 Å². The molecule has 0 spiro atoms. The first-order chi connectivity index (χ1) is 8.58. The minimum atomic E-state index is -0.576. The summed E-state index contributed by atoms with van der Waals surface area (Å²) in [4.78, 5) is 13.3. The van der Waals surface area contributed by atoms with Gasteiger partial charge in [0.1, 0.15) is 5.82 Å². The molecule has 5 nitrogen and oxygen atoms in total. The Balaban J connectivity index is 1.99. The molecule has 6 heteroatoms. The molecule has 1 aliphatic rings. The summed E-state index contributed by atoms with van der Waals surface area (Å²) in [6.07, 6.45) is -0.576. The fourth-order valence-electron chi connectivity index (χ4n) is 1.97. The van der Waals surface area contributed by atoms with Crippen molar-refractivity contribution in [3.8, 4) is 0 Å². The Morgan fingerprint density at radius 2 is 2.33 bits per heavy atom. The Bertz CT molecular complexity index is 441. The van der Waals surface area contributed by atoms with Crippen LogP contribution in [0.25, 0.3) is 0 Å². The molecule has 98 valence electrons. The van der Waals surface area contributed by atoms with Gasteiger partial charge < -0.3 is 20.6 Å². The zero-order chi connectivity index (χ0) is 13.1. The average molecular weight is 253 g/mol. The number of anilines is 1. The first kappa shape index (κ1) is 12.8. The van der Waals surface area contributed by atoms with Crippen LogP contribution < -0.4 is 10.6 Å². The molecule has 2 atom stereocenters. The number of carbonyl (C=O) groups excluding carboxylic acids is 1. The Kier molecular flexibility index (Phi) is 3.78. The van der Waals surface area contributed by atoms with Gasteiger partial charge >= 0.3 is 6.03 Å². The number of amides is 2. The van der Waals surface area contributed by atoms with Crippen molar-refractivity contribution < 1.29 is 14.3 Å². The molecule has 0 aromatic heterocycles. The Labute approximate surface area is 105 Å². The third kappa shape index (κ3) is 2.77. The van der Waals surface area contributed by atoms with E-state index in [1.54, 1.807) is 13.1 Å². The molecule has 0 bridgehead atoms. The molecule has 0 radical (unpaired) electrons. The molecule has 3 N–H and O–H groups in total. The van der Waals surface area contributed by atoms with Gasteiger partial charge in [-0.1, -0.05) is 6.07 Å². The maximum Gasteiger partial charge on any atom is 0.321 e. The minimum Gasteiger partial charge on any atom is -0.390 e. The predicted octanol–water partition coefficient (Wildman–Crippen LogP) is 0.622. The number of urea groups is 1. The highest BCUT2D eigenvalue weighted by molar-refractivity contribution is 5.89. The summed E-state index contributed by atoms with van der Waals surface area (Å²) in [5.41, 5.74) is 0.396. The molecule has 1 aliphatic heterocycles. The zero-order valence-corrected chi connectivity index (χ0v) is 10.1. The van der Waals surface area contributed by atoms with Crippen molar-refractivity contribution in [1.82, 2.24) is 10.2 Å². The monoisotopic (exact) mass is 253 g/mol. The molecule has 1 aromatic rings. The molecule has 0 unspecified atom stereocenters. The van der Waals surface area contributed by atoms with E-state index in [1.165, 1.54) is 23.1 Å². The second kappa shape index (κ2) is 5.32. The van der Waals surface area contributed by atoms with E-state index >= 15 is 0 Å². The van der Waals surface area contributed by atoms with Crippen molar-refractivity contribution in [3.63, 3.8) is 0 Å². The zero-order valence-electron chi connectivity index (χ0n) is 10.1. The Morgan fingerprint density at radius 1 is 1.56 bits per heavy atom. The lowest BCUT2D eigenvalue weighted by Crippen LogP contribution is -2.46. The second-order valence-corrected chi connectivity index (χ2v) is 4.34. The van der Waals surface area contributed by atoms with Gasteiger partial charge in [0.05, 0.1) is 12.1 Å². The van der Waals surface area contributed by atoms with Crippen molar-refractivity contribution in [1.29, 1.82) is 0 Å². The molecule has 1 saturated heterocycles. The number of aliphatic hydroxyl groups excluding tert-OH is 1. The van der Waals surface area contributed by atoms with E-state index in [2.05, 4.69) is 10.6 Å². The minimum absolute atomic E-state index is 0.265. The summed E-state index contributed by atoms with van der Waals surface area (Å²) in [5.74, 6) is -0.405. The fourth-order valence-corrected chi connectivity index (χ4v) is 1.97. The van der Waals surface area contributed by atoms with Crippen LogP contribution in [0.4, 0.5) is 14.9 Å². The summed E-state index contributed by atoms with van der Waals surface area (Å²) in [7, 11) is 1.61. The van der Waals surface area contributed by atoms with Crippen LogP contribution in [0, 0.1) is 5.82 Å². The van der Waals surface area contributed by atoms with Crippen LogP contribution in [0.15, 0.2) is 24.3 Å². The molecule has 1 aromatic carbocycles. The number of benzene rings is 1. The molecular formula is C12H16FN3O2. The van der Waals surface area contributed by atoms with E-state index in [0.717, 1.165) is 0 Å². The van der Waals surface area contributed by atoms with Gasteiger partial charge in [0.25, 0.3) is 0 Å². The molecule has 1 heterocycles. The SMILES string of the molecule is CN(C(=O)Nc1cccc(F)c1)[C@H]1CNC[C@@H]1O. The molecule has 2 rings (SSSR count). The number of rotatable bonds is 2. The van der Waals surface area contributed by atoms with E-state index in [0.29, 0.717) is 18.8 Å². The van der Waals surface area contributed by atoms with Gasteiger partial charge in [-0.05, 0) is 18.2 Å². The number of likely N-dealkylation sites (N-methyl/N-ethyl adjacent to an activating group) is 1. The number of aliphatic hydroxyl groups is 1. The van der Waals surface area contributed by atoms with Gasteiger partial charge in [0, 0.05) is 25.8 Å². The highest BCUT2D eigenvalue weighted by Gasteiger charge is 2.31. The third-order valence-electron chi connectivity index (χ3n) is 3.04. The highest BCUT2D eigenvalue weighted by Crippen LogP contribution is 2.12. The topological polar surface area (TPSA) is 64.6 Å². The maximum atomic E-state index is 13.0. The van der Waals surface area contributed by atoms with Gasteiger partial charge in [-0.25, -0.2) is 9.18 Å².